The second kappa shape index (κ2) is 9.52. The Labute approximate surface area is 191 Å². The highest BCUT2D eigenvalue weighted by Crippen LogP contribution is 2.31. The summed E-state index contributed by atoms with van der Waals surface area (Å²) >= 11 is 6.16. The van der Waals surface area contributed by atoms with Crippen LogP contribution in [0.5, 0.6) is 0 Å². The van der Waals surface area contributed by atoms with Crippen LogP contribution in [0.4, 0.5) is 10.1 Å². The van der Waals surface area contributed by atoms with E-state index in [9.17, 15) is 4.39 Å². The Balaban J connectivity index is 1.40. The Kier molecular flexibility index (Phi) is 6.34. The molecule has 3 heterocycles. The molecule has 0 saturated carbocycles. The number of piperazine rings is 1. The molecule has 2 aliphatic heterocycles. The van der Waals surface area contributed by atoms with Crippen LogP contribution in [-0.4, -0.2) is 64.0 Å². The van der Waals surface area contributed by atoms with Gasteiger partial charge in [-0.05, 0) is 53.1 Å². The maximum Gasteiger partial charge on any atom is 0.173 e. The molecule has 7 nitrogen and oxygen atoms in total. The third-order valence-corrected chi connectivity index (χ3v) is 6.52. The van der Waals surface area contributed by atoms with Crippen molar-refractivity contribution in [3.05, 3.63) is 70.8 Å². The van der Waals surface area contributed by atoms with Gasteiger partial charge in [0.1, 0.15) is 5.82 Å². The lowest BCUT2D eigenvalue weighted by atomic mass is 10.0. The zero-order valence-electron chi connectivity index (χ0n) is 17.8. The first-order valence-electron chi connectivity index (χ1n) is 11.1. The van der Waals surface area contributed by atoms with Crippen molar-refractivity contribution in [2.24, 2.45) is 0 Å². The highest BCUT2D eigenvalue weighted by molar-refractivity contribution is 6.30. The van der Waals surface area contributed by atoms with E-state index in [-0.39, 0.29) is 18.0 Å². The van der Waals surface area contributed by atoms with Crippen molar-refractivity contribution in [3.63, 3.8) is 0 Å². The zero-order valence-corrected chi connectivity index (χ0v) is 18.5. The summed E-state index contributed by atoms with van der Waals surface area (Å²) in [5.74, 6) is 0.609. The van der Waals surface area contributed by atoms with Gasteiger partial charge in [-0.25, -0.2) is 9.07 Å². The van der Waals surface area contributed by atoms with E-state index in [2.05, 4.69) is 25.3 Å². The molecule has 2 atom stereocenters. The minimum absolute atomic E-state index is 0.119. The predicted molar refractivity (Wildman–Crippen MR) is 120 cm³/mol. The normalized spacial score (nSPS) is 20.6. The molecule has 9 heteroatoms. The highest BCUT2D eigenvalue weighted by Gasteiger charge is 2.32. The second-order valence-electron chi connectivity index (χ2n) is 8.28. The molecule has 5 rings (SSSR count). The number of ether oxygens (including phenoxy) is 1. The van der Waals surface area contributed by atoms with E-state index in [1.54, 1.807) is 6.07 Å². The predicted octanol–water partition coefficient (Wildman–Crippen LogP) is 3.56. The van der Waals surface area contributed by atoms with Gasteiger partial charge in [0.25, 0.3) is 0 Å². The Morgan fingerprint density at radius 1 is 1.06 bits per heavy atom. The summed E-state index contributed by atoms with van der Waals surface area (Å²) in [6, 6.07) is 14.7. The molecule has 0 aliphatic carbocycles. The molecule has 2 saturated heterocycles. The molecule has 168 valence electrons. The SMILES string of the molecule is Fc1ccccc1N1CCN([C@H](c2ccc(Cl)cc2)c2nnnn2C[C@@H]2CCCO2)CC1. The van der Waals surface area contributed by atoms with E-state index in [4.69, 9.17) is 16.3 Å². The molecule has 3 aromatic rings. The first kappa shape index (κ1) is 21.3. The quantitative estimate of drug-likeness (QED) is 0.565. The minimum atomic E-state index is -0.185. The molecule has 32 heavy (non-hydrogen) atoms. The van der Waals surface area contributed by atoms with Crippen molar-refractivity contribution in [2.75, 3.05) is 37.7 Å². The molecule has 1 aromatic heterocycles. The van der Waals surface area contributed by atoms with Crippen molar-refractivity contribution in [1.82, 2.24) is 25.1 Å². The number of anilines is 1. The average molecular weight is 457 g/mol. The highest BCUT2D eigenvalue weighted by atomic mass is 35.5. The van der Waals surface area contributed by atoms with Gasteiger partial charge >= 0.3 is 0 Å². The Morgan fingerprint density at radius 3 is 2.56 bits per heavy atom. The number of aromatic nitrogens is 4. The molecule has 0 bridgehead atoms. The van der Waals surface area contributed by atoms with Crippen LogP contribution in [0.2, 0.25) is 5.02 Å². The molecule has 2 fully saturated rings. The summed E-state index contributed by atoms with van der Waals surface area (Å²) in [5.41, 5.74) is 1.73. The molecule has 0 spiro atoms. The molecular weight excluding hydrogens is 431 g/mol. The summed E-state index contributed by atoms with van der Waals surface area (Å²) in [6.45, 7) is 4.39. The number of nitrogens with zero attached hydrogens (tertiary/aromatic N) is 6. The van der Waals surface area contributed by atoms with Gasteiger partial charge in [0, 0.05) is 37.8 Å². The van der Waals surface area contributed by atoms with Gasteiger partial charge in [-0.15, -0.1) is 5.10 Å². The van der Waals surface area contributed by atoms with Gasteiger partial charge in [-0.2, -0.15) is 0 Å². The Hall–Kier alpha value is -2.55. The fourth-order valence-corrected chi connectivity index (χ4v) is 4.74. The van der Waals surface area contributed by atoms with Crippen LogP contribution in [-0.2, 0) is 11.3 Å². The van der Waals surface area contributed by atoms with Crippen LogP contribution in [0.3, 0.4) is 0 Å². The van der Waals surface area contributed by atoms with Gasteiger partial charge in [-0.1, -0.05) is 35.9 Å². The summed E-state index contributed by atoms with van der Waals surface area (Å²) < 4.78 is 22.0. The lowest BCUT2D eigenvalue weighted by Crippen LogP contribution is -2.48. The van der Waals surface area contributed by atoms with E-state index in [1.165, 1.54) is 6.07 Å². The van der Waals surface area contributed by atoms with Gasteiger partial charge in [0.05, 0.1) is 24.4 Å². The number of benzene rings is 2. The number of hydrogen-bond acceptors (Lipinski definition) is 6. The summed E-state index contributed by atoms with van der Waals surface area (Å²) in [5, 5.41) is 13.4. The van der Waals surface area contributed by atoms with Crippen LogP contribution in [0.25, 0.3) is 0 Å². The molecule has 0 amide bonds. The lowest BCUT2D eigenvalue weighted by Gasteiger charge is -2.40. The van der Waals surface area contributed by atoms with Gasteiger partial charge in [-0.3, -0.25) is 4.90 Å². The third kappa shape index (κ3) is 4.48. The van der Waals surface area contributed by atoms with Crippen LogP contribution in [0, 0.1) is 5.82 Å². The summed E-state index contributed by atoms with van der Waals surface area (Å²) in [6.07, 6.45) is 2.23. The molecule has 0 radical (unpaired) electrons. The zero-order chi connectivity index (χ0) is 21.9. The first-order chi connectivity index (χ1) is 15.7. The molecule has 2 aliphatic rings. The van der Waals surface area contributed by atoms with Crippen molar-refractivity contribution in [1.29, 1.82) is 0 Å². The fraction of sp³-hybridized carbons (Fsp3) is 0.435. The van der Waals surface area contributed by atoms with Crippen molar-refractivity contribution < 1.29 is 9.13 Å². The molecule has 0 N–H and O–H groups in total. The van der Waals surface area contributed by atoms with Crippen molar-refractivity contribution in [2.45, 2.75) is 31.5 Å². The monoisotopic (exact) mass is 456 g/mol. The van der Waals surface area contributed by atoms with E-state index >= 15 is 0 Å². The average Bonchev–Trinajstić information content (AvgIpc) is 3.49. The standard InChI is InChI=1S/C23H26ClFN6O/c24-18-9-7-17(8-10-18)22(23-26-27-28-31(23)16-19-4-3-15-32-19)30-13-11-29(12-14-30)21-6-2-1-5-20(21)25/h1-2,5-10,19,22H,3-4,11-16H2/t19-,22+/m0/s1. The Morgan fingerprint density at radius 2 is 1.84 bits per heavy atom. The van der Waals surface area contributed by atoms with Gasteiger partial charge < -0.3 is 9.64 Å². The van der Waals surface area contributed by atoms with Gasteiger partial charge in [0.15, 0.2) is 5.82 Å². The van der Waals surface area contributed by atoms with Gasteiger partial charge in [0.2, 0.25) is 0 Å². The maximum atomic E-state index is 14.3. The number of hydrogen-bond donors (Lipinski definition) is 0. The smallest absolute Gasteiger partial charge is 0.173 e. The van der Waals surface area contributed by atoms with E-state index in [1.807, 2.05) is 41.1 Å². The van der Waals surface area contributed by atoms with Crippen molar-refractivity contribution >= 4 is 17.3 Å². The van der Waals surface area contributed by atoms with Crippen LogP contribution in [0.1, 0.15) is 30.3 Å². The number of para-hydroxylation sites is 1. The van der Waals surface area contributed by atoms with Crippen molar-refractivity contribution in [3.8, 4) is 0 Å². The molecule has 2 aromatic carbocycles. The number of halogens is 2. The van der Waals surface area contributed by atoms with Crippen LogP contribution in [0.15, 0.2) is 48.5 Å². The third-order valence-electron chi connectivity index (χ3n) is 6.26. The van der Waals surface area contributed by atoms with Crippen LogP contribution >= 0.6 is 11.6 Å². The van der Waals surface area contributed by atoms with E-state index < -0.39 is 0 Å². The van der Waals surface area contributed by atoms with Crippen LogP contribution < -0.4 is 4.90 Å². The second-order valence-corrected chi connectivity index (χ2v) is 8.72. The fourth-order valence-electron chi connectivity index (χ4n) is 4.62. The Bertz CT molecular complexity index is 1030. The maximum absolute atomic E-state index is 14.3. The summed E-state index contributed by atoms with van der Waals surface area (Å²) in [4.78, 5) is 4.46. The lowest BCUT2D eigenvalue weighted by molar-refractivity contribution is 0.0906. The van der Waals surface area contributed by atoms with E-state index in [0.717, 1.165) is 57.0 Å². The first-order valence-corrected chi connectivity index (χ1v) is 11.4. The number of tetrazole rings is 1. The largest absolute Gasteiger partial charge is 0.376 e. The minimum Gasteiger partial charge on any atom is -0.376 e. The molecule has 0 unspecified atom stereocenters. The number of rotatable bonds is 6. The topological polar surface area (TPSA) is 59.3 Å². The van der Waals surface area contributed by atoms with E-state index in [0.29, 0.717) is 17.3 Å². The molecular formula is C23H26ClFN6O. The summed E-state index contributed by atoms with van der Waals surface area (Å²) in [7, 11) is 0.